The van der Waals surface area contributed by atoms with Crippen molar-refractivity contribution in [3.8, 4) is 11.5 Å². The Morgan fingerprint density at radius 1 is 1.28 bits per heavy atom. The monoisotopic (exact) mass is 279 g/mol. The Balaban J connectivity index is 2.32. The van der Waals surface area contributed by atoms with Gasteiger partial charge in [0.2, 0.25) is 0 Å². The molecule has 0 aliphatic rings. The van der Waals surface area contributed by atoms with Crippen molar-refractivity contribution in [3.05, 3.63) is 17.1 Å². The van der Waals surface area contributed by atoms with E-state index in [0.29, 0.717) is 0 Å². The Labute approximate surface area is 114 Å². The fourth-order valence-electron chi connectivity index (χ4n) is 1.88. The van der Waals surface area contributed by atoms with Gasteiger partial charge in [-0.05, 0) is 25.0 Å². The number of fused-ring (bicyclic) bond motifs is 1. The highest BCUT2D eigenvalue weighted by molar-refractivity contribution is 7.18. The van der Waals surface area contributed by atoms with Gasteiger partial charge in [0.1, 0.15) is 5.52 Å². The fourth-order valence-corrected chi connectivity index (χ4v) is 3.42. The molecule has 1 aromatic carbocycles. The summed E-state index contributed by atoms with van der Waals surface area (Å²) in [6.07, 6.45) is 2.28. The van der Waals surface area contributed by atoms with Crippen LogP contribution in [0.15, 0.2) is 12.1 Å². The van der Waals surface area contributed by atoms with Gasteiger partial charge in [-0.2, -0.15) is 0 Å². The molecule has 0 N–H and O–H groups in total. The molecule has 0 unspecified atom stereocenters. The Bertz CT molecular complexity index is 527. The van der Waals surface area contributed by atoms with Crippen LogP contribution in [0.5, 0.6) is 11.5 Å². The van der Waals surface area contributed by atoms with Crippen LogP contribution in [0.3, 0.4) is 0 Å². The molecule has 0 bridgehead atoms. The van der Waals surface area contributed by atoms with Crippen molar-refractivity contribution in [2.45, 2.75) is 25.4 Å². The molecule has 96 valence electrons. The molecule has 2 aromatic rings. The second kappa shape index (κ2) is 6.20. The zero-order chi connectivity index (χ0) is 13.0. The van der Waals surface area contributed by atoms with Gasteiger partial charge in [-0.1, -0.05) is 12.6 Å². The van der Waals surface area contributed by atoms with E-state index >= 15 is 0 Å². The SMILES string of the molecule is COc1ccc2sc(CCC[Si]C)nc2c1OC. The van der Waals surface area contributed by atoms with Crippen molar-refractivity contribution in [1.82, 2.24) is 4.98 Å². The molecule has 0 saturated carbocycles. The lowest BCUT2D eigenvalue weighted by molar-refractivity contribution is 0.358. The predicted molar refractivity (Wildman–Crippen MR) is 77.5 cm³/mol. The summed E-state index contributed by atoms with van der Waals surface area (Å²) >= 11 is 1.75. The van der Waals surface area contributed by atoms with Gasteiger partial charge in [0, 0.05) is 9.52 Å². The van der Waals surface area contributed by atoms with Crippen LogP contribution in [0.4, 0.5) is 0 Å². The van der Waals surface area contributed by atoms with Gasteiger partial charge >= 0.3 is 0 Å². The average molecular weight is 279 g/mol. The van der Waals surface area contributed by atoms with E-state index in [4.69, 9.17) is 9.47 Å². The molecule has 0 fully saturated rings. The number of rotatable bonds is 6. The first-order valence-corrected chi connectivity index (χ1v) is 8.47. The normalized spacial score (nSPS) is 10.8. The molecule has 0 atom stereocenters. The number of nitrogens with zero attached hydrogens (tertiary/aromatic N) is 1. The van der Waals surface area contributed by atoms with Crippen molar-refractivity contribution in [2.75, 3.05) is 14.2 Å². The molecule has 3 nitrogen and oxygen atoms in total. The Morgan fingerprint density at radius 3 is 2.78 bits per heavy atom. The molecule has 2 rings (SSSR count). The largest absolute Gasteiger partial charge is 0.493 e. The van der Waals surface area contributed by atoms with Crippen LogP contribution in [0, 0.1) is 0 Å². The van der Waals surface area contributed by atoms with Crippen molar-refractivity contribution >= 4 is 31.1 Å². The molecular formula is C13H17NO2SSi. The van der Waals surface area contributed by atoms with Gasteiger partial charge in [0.05, 0.1) is 23.9 Å². The van der Waals surface area contributed by atoms with E-state index in [1.54, 1.807) is 25.6 Å². The topological polar surface area (TPSA) is 31.4 Å². The van der Waals surface area contributed by atoms with E-state index in [1.807, 2.05) is 6.07 Å². The number of thiazole rings is 1. The first kappa shape index (κ1) is 13.4. The fraction of sp³-hybridized carbons (Fsp3) is 0.462. The molecule has 0 spiro atoms. The zero-order valence-electron chi connectivity index (χ0n) is 10.9. The number of hydrogen-bond acceptors (Lipinski definition) is 4. The number of methoxy groups -OCH3 is 2. The van der Waals surface area contributed by atoms with Crippen LogP contribution < -0.4 is 9.47 Å². The zero-order valence-corrected chi connectivity index (χ0v) is 12.8. The number of benzene rings is 1. The maximum atomic E-state index is 5.41. The molecular weight excluding hydrogens is 262 g/mol. The van der Waals surface area contributed by atoms with Crippen LogP contribution in [-0.4, -0.2) is 28.7 Å². The van der Waals surface area contributed by atoms with Gasteiger partial charge in [0.25, 0.3) is 0 Å². The Hall–Kier alpha value is -1.07. The molecule has 0 saturated heterocycles. The van der Waals surface area contributed by atoms with E-state index < -0.39 is 0 Å². The number of hydrogen-bond donors (Lipinski definition) is 0. The summed E-state index contributed by atoms with van der Waals surface area (Å²) in [7, 11) is 4.34. The summed E-state index contributed by atoms with van der Waals surface area (Å²) in [6, 6.07) is 5.28. The maximum absolute atomic E-state index is 5.41. The molecule has 0 aliphatic heterocycles. The highest BCUT2D eigenvalue weighted by Gasteiger charge is 2.13. The van der Waals surface area contributed by atoms with Crippen molar-refractivity contribution in [3.63, 3.8) is 0 Å². The number of aryl methyl sites for hydroxylation is 1. The van der Waals surface area contributed by atoms with Gasteiger partial charge in [-0.3, -0.25) is 0 Å². The van der Waals surface area contributed by atoms with E-state index in [1.165, 1.54) is 22.2 Å². The highest BCUT2D eigenvalue weighted by atomic mass is 32.1. The summed E-state index contributed by atoms with van der Waals surface area (Å²) < 4.78 is 11.9. The summed E-state index contributed by atoms with van der Waals surface area (Å²) in [5, 5.41) is 1.19. The molecule has 1 heterocycles. The van der Waals surface area contributed by atoms with E-state index in [2.05, 4.69) is 17.6 Å². The van der Waals surface area contributed by atoms with Crippen LogP contribution in [-0.2, 0) is 6.42 Å². The predicted octanol–water partition coefficient (Wildman–Crippen LogP) is 3.42. The average Bonchev–Trinajstić information content (AvgIpc) is 2.80. The van der Waals surface area contributed by atoms with Crippen LogP contribution >= 0.6 is 11.3 Å². The Kier molecular flexibility index (Phi) is 4.60. The molecule has 1 aromatic heterocycles. The molecule has 18 heavy (non-hydrogen) atoms. The molecule has 0 amide bonds. The first-order chi connectivity index (χ1) is 8.80. The highest BCUT2D eigenvalue weighted by Crippen LogP contribution is 2.37. The van der Waals surface area contributed by atoms with Crippen molar-refractivity contribution in [1.29, 1.82) is 0 Å². The number of aromatic nitrogens is 1. The van der Waals surface area contributed by atoms with E-state index in [9.17, 15) is 0 Å². The van der Waals surface area contributed by atoms with E-state index in [-0.39, 0.29) is 0 Å². The molecule has 0 aliphatic carbocycles. The minimum absolute atomic E-state index is 0.745. The quantitative estimate of drug-likeness (QED) is 0.600. The maximum Gasteiger partial charge on any atom is 0.188 e. The minimum Gasteiger partial charge on any atom is -0.493 e. The van der Waals surface area contributed by atoms with Gasteiger partial charge in [-0.15, -0.1) is 11.3 Å². The molecule has 2 radical (unpaired) electrons. The van der Waals surface area contributed by atoms with Crippen LogP contribution in [0.25, 0.3) is 10.2 Å². The minimum atomic E-state index is 0.745. The lowest BCUT2D eigenvalue weighted by atomic mass is 10.3. The third-order valence-electron chi connectivity index (χ3n) is 2.76. The lowest BCUT2D eigenvalue weighted by Crippen LogP contribution is -1.91. The lowest BCUT2D eigenvalue weighted by Gasteiger charge is -2.06. The standard InChI is InChI=1S/C13H17NO2SSi/c1-15-9-6-7-10-12(13(9)16-2)14-11(17-10)5-4-8-18-3/h6-7H,4-5,8H2,1-3H3. The summed E-state index contributed by atoms with van der Waals surface area (Å²) in [5.74, 6) is 1.49. The van der Waals surface area contributed by atoms with E-state index in [0.717, 1.165) is 33.0 Å². The smallest absolute Gasteiger partial charge is 0.188 e. The first-order valence-electron chi connectivity index (χ1n) is 5.95. The van der Waals surface area contributed by atoms with Crippen LogP contribution in [0.1, 0.15) is 11.4 Å². The molecule has 5 heteroatoms. The van der Waals surface area contributed by atoms with Crippen molar-refractivity contribution in [2.24, 2.45) is 0 Å². The van der Waals surface area contributed by atoms with Gasteiger partial charge < -0.3 is 9.47 Å². The Morgan fingerprint density at radius 2 is 2.11 bits per heavy atom. The summed E-state index contributed by atoms with van der Waals surface area (Å²) in [4.78, 5) is 4.68. The third kappa shape index (κ3) is 2.67. The van der Waals surface area contributed by atoms with Gasteiger partial charge in [-0.25, -0.2) is 4.98 Å². The van der Waals surface area contributed by atoms with Crippen LogP contribution in [0.2, 0.25) is 12.6 Å². The summed E-state index contributed by atoms with van der Waals surface area (Å²) in [5.41, 5.74) is 0.927. The van der Waals surface area contributed by atoms with Gasteiger partial charge in [0.15, 0.2) is 11.5 Å². The summed E-state index contributed by atoms with van der Waals surface area (Å²) in [6.45, 7) is 2.24. The van der Waals surface area contributed by atoms with Crippen molar-refractivity contribution < 1.29 is 9.47 Å². The second-order valence-electron chi connectivity index (χ2n) is 3.96. The second-order valence-corrected chi connectivity index (χ2v) is 6.28. The third-order valence-corrected chi connectivity index (χ3v) is 4.70. The number of ether oxygens (including phenoxy) is 2.